The molecule has 28 heavy (non-hydrogen) atoms. The van der Waals surface area contributed by atoms with Gasteiger partial charge in [-0.05, 0) is 23.6 Å². The lowest BCUT2D eigenvalue weighted by molar-refractivity contribution is -0.140. The molecule has 2 bridgehead atoms. The van der Waals surface area contributed by atoms with Crippen LogP contribution in [0.15, 0.2) is 48.7 Å². The van der Waals surface area contributed by atoms with E-state index in [4.69, 9.17) is 4.74 Å². The van der Waals surface area contributed by atoms with Gasteiger partial charge in [0.15, 0.2) is 0 Å². The van der Waals surface area contributed by atoms with Gasteiger partial charge in [0.1, 0.15) is 0 Å². The van der Waals surface area contributed by atoms with Gasteiger partial charge in [-0.2, -0.15) is 0 Å². The summed E-state index contributed by atoms with van der Waals surface area (Å²) in [5.41, 5.74) is 2.73. The molecule has 0 amide bonds. The van der Waals surface area contributed by atoms with Crippen LogP contribution in [0.25, 0.3) is 10.9 Å². The number of para-hydroxylation sites is 1. The summed E-state index contributed by atoms with van der Waals surface area (Å²) in [6.07, 6.45) is 3.52. The zero-order chi connectivity index (χ0) is 20.0. The van der Waals surface area contributed by atoms with E-state index in [2.05, 4.69) is 6.58 Å². The molecular weight excluding hydrogens is 360 g/mol. The lowest BCUT2D eigenvalue weighted by Crippen LogP contribution is -2.42. The number of β-amino-alcohol motifs (C(OH)–C–C–N with tert-alkyl or cyclic N) is 1. The first-order valence-electron chi connectivity index (χ1n) is 9.18. The number of nitrogens with zero attached hydrogens (tertiary/aromatic N) is 2. The maximum Gasteiger partial charge on any atom is 0.418 e. The van der Waals surface area contributed by atoms with Gasteiger partial charge >= 0.3 is 12.1 Å². The maximum absolute atomic E-state index is 12.7. The predicted molar refractivity (Wildman–Crippen MR) is 103 cm³/mol. The molecule has 3 atom stereocenters. The number of carbonyl (C=O) groups is 2. The van der Waals surface area contributed by atoms with Crippen molar-refractivity contribution in [2.75, 3.05) is 20.3 Å². The molecule has 0 fully saturated rings. The van der Waals surface area contributed by atoms with Gasteiger partial charge in [0, 0.05) is 24.0 Å². The van der Waals surface area contributed by atoms with E-state index in [0.717, 1.165) is 11.0 Å². The first-order chi connectivity index (χ1) is 13.5. The van der Waals surface area contributed by atoms with Crippen molar-refractivity contribution in [3.63, 3.8) is 0 Å². The molecule has 1 aliphatic heterocycles. The summed E-state index contributed by atoms with van der Waals surface area (Å²) in [6.45, 7) is 4.17. The van der Waals surface area contributed by atoms with E-state index in [-0.39, 0.29) is 18.6 Å². The van der Waals surface area contributed by atoms with Gasteiger partial charge in [0.05, 0.1) is 36.9 Å². The van der Waals surface area contributed by atoms with Gasteiger partial charge in [-0.1, -0.05) is 30.9 Å². The van der Waals surface area contributed by atoms with Crippen LogP contribution in [0.3, 0.4) is 0 Å². The Morgan fingerprint density at radius 3 is 2.75 bits per heavy atom. The van der Waals surface area contributed by atoms with Crippen LogP contribution in [-0.2, 0) is 9.53 Å². The standard InChI is InChI=1S/C21H22N2O5/c1-3-12-11-22(8-9-24)16-10-14(12)18(20(25)26)17-13-6-4-5-7-15(13)23(19(16)17)21(27)28-2/h3-7,11,14,16,18,24H,1,8-10H2,2H3,(H,25,26)/t14-,16-,18-/m0/s1. The normalized spacial score (nSPS) is 23.1. The smallest absolute Gasteiger partial charge is 0.418 e. The summed E-state index contributed by atoms with van der Waals surface area (Å²) in [4.78, 5) is 27.0. The molecule has 4 rings (SSSR count). The number of rotatable bonds is 4. The predicted octanol–water partition coefficient (Wildman–Crippen LogP) is 2.86. The number of aromatic nitrogens is 1. The van der Waals surface area contributed by atoms with Crippen LogP contribution < -0.4 is 0 Å². The highest BCUT2D eigenvalue weighted by Crippen LogP contribution is 2.53. The molecule has 1 aliphatic carbocycles. The number of aliphatic carboxylic acids is 1. The first-order valence-corrected chi connectivity index (χ1v) is 9.18. The third-order valence-electron chi connectivity index (χ3n) is 5.82. The summed E-state index contributed by atoms with van der Waals surface area (Å²) in [6, 6.07) is 7.05. The van der Waals surface area contributed by atoms with E-state index < -0.39 is 18.0 Å². The van der Waals surface area contributed by atoms with Crippen molar-refractivity contribution in [2.24, 2.45) is 5.92 Å². The molecule has 0 spiro atoms. The Balaban J connectivity index is 2.08. The molecule has 0 unspecified atom stereocenters. The van der Waals surface area contributed by atoms with Crippen molar-refractivity contribution in [3.8, 4) is 0 Å². The van der Waals surface area contributed by atoms with Crippen LogP contribution in [0.4, 0.5) is 4.79 Å². The Morgan fingerprint density at radius 1 is 1.36 bits per heavy atom. The van der Waals surface area contributed by atoms with Crippen LogP contribution in [0.2, 0.25) is 0 Å². The number of hydrogen-bond acceptors (Lipinski definition) is 5. The number of methoxy groups -OCH3 is 1. The zero-order valence-corrected chi connectivity index (χ0v) is 15.5. The minimum absolute atomic E-state index is 0.0573. The monoisotopic (exact) mass is 382 g/mol. The lowest BCUT2D eigenvalue weighted by Gasteiger charge is -2.45. The average molecular weight is 382 g/mol. The third kappa shape index (κ3) is 2.46. The minimum atomic E-state index is -0.930. The number of carboxylic acid groups (broad SMARTS) is 1. The summed E-state index contributed by atoms with van der Waals surface area (Å²) in [5, 5.41) is 20.4. The number of aliphatic hydroxyl groups excluding tert-OH is 1. The van der Waals surface area contributed by atoms with E-state index in [0.29, 0.717) is 29.7 Å². The van der Waals surface area contributed by atoms with E-state index in [9.17, 15) is 19.8 Å². The van der Waals surface area contributed by atoms with Gasteiger partial charge in [-0.25, -0.2) is 9.36 Å². The first kappa shape index (κ1) is 18.3. The second-order valence-electron chi connectivity index (χ2n) is 7.09. The highest BCUT2D eigenvalue weighted by molar-refractivity contribution is 5.97. The van der Waals surface area contributed by atoms with Crippen LogP contribution >= 0.6 is 0 Å². The third-order valence-corrected chi connectivity index (χ3v) is 5.82. The second kappa shape index (κ2) is 6.83. The number of hydrogen-bond donors (Lipinski definition) is 2. The van der Waals surface area contributed by atoms with Crippen LogP contribution in [-0.4, -0.2) is 52.0 Å². The fourth-order valence-corrected chi connectivity index (χ4v) is 4.75. The molecule has 146 valence electrons. The Bertz CT molecular complexity index is 1010. The molecule has 2 aromatic rings. The molecule has 2 aliphatic rings. The molecule has 0 radical (unpaired) electrons. The Labute approximate surface area is 162 Å². The van der Waals surface area contributed by atoms with Gasteiger partial charge in [-0.15, -0.1) is 0 Å². The fraction of sp³-hybridized carbons (Fsp3) is 0.333. The zero-order valence-electron chi connectivity index (χ0n) is 15.5. The molecule has 2 heterocycles. The Hall–Kier alpha value is -3.06. The van der Waals surface area contributed by atoms with Gasteiger partial charge < -0.3 is 19.8 Å². The van der Waals surface area contributed by atoms with Crippen LogP contribution in [0.1, 0.15) is 29.6 Å². The van der Waals surface area contributed by atoms with Crippen LogP contribution in [0.5, 0.6) is 0 Å². The fourth-order valence-electron chi connectivity index (χ4n) is 4.75. The molecular formula is C21H22N2O5. The topological polar surface area (TPSA) is 92.0 Å². The summed E-state index contributed by atoms with van der Waals surface area (Å²) in [7, 11) is 1.31. The number of carbonyl (C=O) groups excluding carboxylic acids is 1. The van der Waals surface area contributed by atoms with Crippen molar-refractivity contribution in [1.82, 2.24) is 9.47 Å². The van der Waals surface area contributed by atoms with E-state index >= 15 is 0 Å². The number of fused-ring (bicyclic) bond motifs is 6. The van der Waals surface area contributed by atoms with Gasteiger partial charge in [-0.3, -0.25) is 4.79 Å². The van der Waals surface area contributed by atoms with E-state index in [1.807, 2.05) is 29.3 Å². The van der Waals surface area contributed by atoms with E-state index in [1.54, 1.807) is 12.1 Å². The largest absolute Gasteiger partial charge is 0.481 e. The van der Waals surface area contributed by atoms with Crippen molar-refractivity contribution in [2.45, 2.75) is 18.4 Å². The van der Waals surface area contributed by atoms with Crippen molar-refractivity contribution in [3.05, 3.63) is 60.0 Å². The summed E-state index contributed by atoms with van der Waals surface area (Å²) < 4.78 is 6.50. The molecule has 2 N–H and O–H groups in total. The molecule has 0 saturated heterocycles. The number of ether oxygens (including phenoxy) is 1. The highest BCUT2D eigenvalue weighted by Gasteiger charge is 2.48. The Kier molecular flexibility index (Phi) is 4.47. The molecule has 7 nitrogen and oxygen atoms in total. The van der Waals surface area contributed by atoms with Crippen molar-refractivity contribution in [1.29, 1.82) is 0 Å². The van der Waals surface area contributed by atoms with Crippen LogP contribution in [0, 0.1) is 5.92 Å². The van der Waals surface area contributed by atoms with E-state index in [1.165, 1.54) is 11.7 Å². The highest BCUT2D eigenvalue weighted by atomic mass is 16.5. The van der Waals surface area contributed by atoms with Crippen molar-refractivity contribution >= 4 is 23.0 Å². The number of allylic oxidation sites excluding steroid dienone is 2. The minimum Gasteiger partial charge on any atom is -0.481 e. The SMILES string of the molecule is C=CC1=CN(CCO)[C@H]2C[C@@H]1[C@H](C(=O)O)c1c2n(C(=O)OC)c2ccccc12. The summed E-state index contributed by atoms with van der Waals surface area (Å²) in [5.74, 6) is -1.97. The molecule has 1 aromatic heterocycles. The quantitative estimate of drug-likeness (QED) is 0.845. The average Bonchev–Trinajstić information content (AvgIpc) is 3.04. The summed E-state index contributed by atoms with van der Waals surface area (Å²) >= 11 is 0. The second-order valence-corrected chi connectivity index (χ2v) is 7.09. The lowest BCUT2D eigenvalue weighted by atomic mass is 9.69. The molecule has 7 heteroatoms. The Morgan fingerprint density at radius 2 is 2.11 bits per heavy atom. The molecule has 1 aromatic carbocycles. The maximum atomic E-state index is 12.7. The number of benzene rings is 1. The number of carboxylic acids is 1. The van der Waals surface area contributed by atoms with Crippen molar-refractivity contribution < 1.29 is 24.5 Å². The number of aliphatic hydroxyl groups is 1. The van der Waals surface area contributed by atoms with Gasteiger partial charge in [0.2, 0.25) is 0 Å². The molecule has 0 saturated carbocycles. The van der Waals surface area contributed by atoms with Gasteiger partial charge in [0.25, 0.3) is 0 Å².